The highest BCUT2D eigenvalue weighted by atomic mass is 16.2. The maximum Gasteiger partial charge on any atom is 0.222 e. The smallest absolute Gasteiger partial charge is 0.222 e. The summed E-state index contributed by atoms with van der Waals surface area (Å²) in [4.78, 5) is 18.2. The van der Waals surface area contributed by atoms with Gasteiger partial charge in [-0.15, -0.1) is 0 Å². The molecule has 0 bridgehead atoms. The Bertz CT molecular complexity index is 743. The zero-order chi connectivity index (χ0) is 16.7. The fraction of sp³-hybridized carbons (Fsp3) is 0.526. The number of carbonyl (C=O) groups is 1. The molecule has 4 rings (SSSR count). The summed E-state index contributed by atoms with van der Waals surface area (Å²) in [5.74, 6) is 0.799. The summed E-state index contributed by atoms with van der Waals surface area (Å²) in [6.07, 6.45) is 2.53. The van der Waals surface area contributed by atoms with Crippen LogP contribution in [0, 0.1) is 5.92 Å². The first-order valence-electron chi connectivity index (χ1n) is 9.01. The van der Waals surface area contributed by atoms with Gasteiger partial charge in [-0.05, 0) is 44.2 Å². The van der Waals surface area contributed by atoms with E-state index in [-0.39, 0.29) is 5.91 Å². The maximum absolute atomic E-state index is 12.7. The maximum atomic E-state index is 12.7. The molecule has 2 aromatic rings. The molecule has 2 aliphatic rings. The number of para-hydroxylation sites is 1. The van der Waals surface area contributed by atoms with E-state index in [1.165, 1.54) is 22.2 Å². The average Bonchev–Trinajstić information content (AvgIpc) is 3.12. The summed E-state index contributed by atoms with van der Waals surface area (Å²) in [5.41, 5.74) is 10.3. The Morgan fingerprint density at radius 1 is 1.21 bits per heavy atom. The van der Waals surface area contributed by atoms with Crippen LogP contribution in [0.2, 0.25) is 0 Å². The molecule has 5 heteroatoms. The molecule has 0 aliphatic carbocycles. The van der Waals surface area contributed by atoms with Crippen molar-refractivity contribution in [1.82, 2.24) is 20.7 Å². The molecule has 5 nitrogen and oxygen atoms in total. The SMILES string of the molecule is CC1NNC(C)C1CCC(=O)N1CCc2c([nH]c3ccccc23)C1. The molecule has 2 aliphatic heterocycles. The second-order valence-electron chi connectivity index (χ2n) is 7.26. The number of fused-ring (bicyclic) bond motifs is 3. The fourth-order valence-corrected chi connectivity index (χ4v) is 4.26. The van der Waals surface area contributed by atoms with Crippen molar-refractivity contribution < 1.29 is 4.79 Å². The topological polar surface area (TPSA) is 60.2 Å². The molecule has 128 valence electrons. The van der Waals surface area contributed by atoms with Crippen molar-refractivity contribution in [3.63, 3.8) is 0 Å². The number of hydrazine groups is 1. The molecule has 1 fully saturated rings. The molecule has 24 heavy (non-hydrogen) atoms. The molecule has 1 aromatic heterocycles. The van der Waals surface area contributed by atoms with Crippen molar-refractivity contribution in [3.8, 4) is 0 Å². The normalized spacial score (nSPS) is 26.8. The number of carbonyl (C=O) groups excluding carboxylic acids is 1. The highest BCUT2D eigenvalue weighted by Crippen LogP contribution is 2.28. The van der Waals surface area contributed by atoms with E-state index < -0.39 is 0 Å². The number of hydrogen-bond acceptors (Lipinski definition) is 3. The summed E-state index contributed by atoms with van der Waals surface area (Å²) in [6.45, 7) is 5.92. The van der Waals surface area contributed by atoms with Crippen LogP contribution >= 0.6 is 0 Å². The standard InChI is InChI=1S/C19H26N4O/c1-12-14(13(2)22-21-12)7-8-19(24)23-10-9-16-15-5-3-4-6-17(15)20-18(16)11-23/h3-6,12-14,20-22H,7-11H2,1-2H3. The minimum atomic E-state index is 0.283. The second-order valence-corrected chi connectivity index (χ2v) is 7.26. The molecule has 1 saturated heterocycles. The van der Waals surface area contributed by atoms with Gasteiger partial charge in [0.1, 0.15) is 0 Å². The number of rotatable bonds is 3. The van der Waals surface area contributed by atoms with E-state index in [4.69, 9.17) is 0 Å². The van der Waals surface area contributed by atoms with Crippen LogP contribution in [0.15, 0.2) is 24.3 Å². The number of aromatic nitrogens is 1. The molecule has 1 amide bonds. The third kappa shape index (κ3) is 2.72. The van der Waals surface area contributed by atoms with Gasteiger partial charge in [0.15, 0.2) is 0 Å². The summed E-state index contributed by atoms with van der Waals surface area (Å²) < 4.78 is 0. The molecule has 0 radical (unpaired) electrons. The summed E-state index contributed by atoms with van der Waals surface area (Å²) in [6, 6.07) is 9.27. The first-order chi connectivity index (χ1) is 11.6. The highest BCUT2D eigenvalue weighted by molar-refractivity contribution is 5.85. The van der Waals surface area contributed by atoms with Gasteiger partial charge in [0.2, 0.25) is 5.91 Å². The quantitative estimate of drug-likeness (QED) is 0.811. The predicted molar refractivity (Wildman–Crippen MR) is 95.3 cm³/mol. The third-order valence-electron chi connectivity index (χ3n) is 5.75. The number of benzene rings is 1. The van der Waals surface area contributed by atoms with Gasteiger partial charge >= 0.3 is 0 Å². The van der Waals surface area contributed by atoms with Gasteiger partial charge in [-0.3, -0.25) is 15.6 Å². The van der Waals surface area contributed by atoms with Crippen molar-refractivity contribution in [3.05, 3.63) is 35.5 Å². The Morgan fingerprint density at radius 2 is 1.96 bits per heavy atom. The number of aromatic amines is 1. The largest absolute Gasteiger partial charge is 0.357 e. The monoisotopic (exact) mass is 326 g/mol. The van der Waals surface area contributed by atoms with E-state index in [9.17, 15) is 4.79 Å². The summed E-state index contributed by atoms with van der Waals surface area (Å²) in [7, 11) is 0. The van der Waals surface area contributed by atoms with E-state index in [0.29, 0.717) is 24.4 Å². The first kappa shape index (κ1) is 15.7. The molecular formula is C19H26N4O. The van der Waals surface area contributed by atoms with Gasteiger partial charge in [-0.2, -0.15) is 0 Å². The van der Waals surface area contributed by atoms with Crippen molar-refractivity contribution in [2.45, 2.75) is 51.7 Å². The lowest BCUT2D eigenvalue weighted by molar-refractivity contribution is -0.132. The van der Waals surface area contributed by atoms with Gasteiger partial charge in [-0.1, -0.05) is 18.2 Å². The molecule has 1 aromatic carbocycles. The van der Waals surface area contributed by atoms with E-state index in [1.807, 2.05) is 4.90 Å². The Kier molecular flexibility index (Phi) is 4.06. The van der Waals surface area contributed by atoms with Crippen LogP contribution in [0.3, 0.4) is 0 Å². The Morgan fingerprint density at radius 3 is 2.75 bits per heavy atom. The lowest BCUT2D eigenvalue weighted by atomic mass is 9.91. The van der Waals surface area contributed by atoms with Crippen LogP contribution in [0.4, 0.5) is 0 Å². The minimum absolute atomic E-state index is 0.283. The predicted octanol–water partition coefficient (Wildman–Crippen LogP) is 2.33. The van der Waals surface area contributed by atoms with E-state index in [1.54, 1.807) is 0 Å². The number of amides is 1. The van der Waals surface area contributed by atoms with Crippen LogP contribution < -0.4 is 10.9 Å². The molecule has 2 atom stereocenters. The van der Waals surface area contributed by atoms with Gasteiger partial charge < -0.3 is 9.88 Å². The van der Waals surface area contributed by atoms with Gasteiger partial charge in [0.25, 0.3) is 0 Å². The van der Waals surface area contributed by atoms with E-state index in [0.717, 1.165) is 25.9 Å². The van der Waals surface area contributed by atoms with E-state index in [2.05, 4.69) is 53.9 Å². The average molecular weight is 326 g/mol. The molecular weight excluding hydrogens is 300 g/mol. The zero-order valence-electron chi connectivity index (χ0n) is 14.4. The highest BCUT2D eigenvalue weighted by Gasteiger charge is 2.31. The van der Waals surface area contributed by atoms with Crippen LogP contribution in [-0.4, -0.2) is 34.4 Å². The van der Waals surface area contributed by atoms with Gasteiger partial charge in [-0.25, -0.2) is 0 Å². The number of hydrogen-bond donors (Lipinski definition) is 3. The van der Waals surface area contributed by atoms with Crippen LogP contribution in [-0.2, 0) is 17.8 Å². The van der Waals surface area contributed by atoms with E-state index >= 15 is 0 Å². The fourth-order valence-electron chi connectivity index (χ4n) is 4.26. The minimum Gasteiger partial charge on any atom is -0.357 e. The third-order valence-corrected chi connectivity index (χ3v) is 5.75. The Labute approximate surface area is 142 Å². The van der Waals surface area contributed by atoms with Crippen molar-refractivity contribution in [2.24, 2.45) is 5.92 Å². The number of nitrogens with one attached hydrogen (secondary N) is 3. The summed E-state index contributed by atoms with van der Waals surface area (Å²) >= 11 is 0. The molecule has 3 N–H and O–H groups in total. The Balaban J connectivity index is 1.41. The van der Waals surface area contributed by atoms with Gasteiger partial charge in [0, 0.05) is 41.6 Å². The van der Waals surface area contributed by atoms with Crippen LogP contribution in [0.25, 0.3) is 10.9 Å². The first-order valence-corrected chi connectivity index (χ1v) is 9.01. The number of nitrogens with zero attached hydrogens (tertiary/aromatic N) is 1. The van der Waals surface area contributed by atoms with Crippen molar-refractivity contribution >= 4 is 16.8 Å². The second kappa shape index (κ2) is 6.22. The summed E-state index contributed by atoms with van der Waals surface area (Å²) in [5, 5.41) is 1.31. The molecule has 0 spiro atoms. The number of H-pyrrole nitrogens is 1. The molecule has 2 unspecified atom stereocenters. The lowest BCUT2D eigenvalue weighted by Crippen LogP contribution is -2.36. The van der Waals surface area contributed by atoms with Crippen LogP contribution in [0.1, 0.15) is 37.9 Å². The molecule has 0 saturated carbocycles. The van der Waals surface area contributed by atoms with Crippen molar-refractivity contribution in [2.75, 3.05) is 6.54 Å². The Hall–Kier alpha value is -1.85. The zero-order valence-corrected chi connectivity index (χ0v) is 14.4. The molecule has 3 heterocycles. The van der Waals surface area contributed by atoms with Crippen molar-refractivity contribution in [1.29, 1.82) is 0 Å². The van der Waals surface area contributed by atoms with Gasteiger partial charge in [0.05, 0.1) is 6.54 Å². The lowest BCUT2D eigenvalue weighted by Gasteiger charge is -2.28. The van der Waals surface area contributed by atoms with Crippen LogP contribution in [0.5, 0.6) is 0 Å².